The Morgan fingerprint density at radius 1 is 1.07 bits per heavy atom. The Hall–Kier alpha value is -1.53. The van der Waals surface area contributed by atoms with Crippen LogP contribution in [0, 0.1) is 11.6 Å². The predicted molar refractivity (Wildman–Crippen MR) is 107 cm³/mol. The van der Waals surface area contributed by atoms with Gasteiger partial charge in [0, 0.05) is 24.6 Å². The lowest BCUT2D eigenvalue weighted by atomic mass is 9.81. The maximum Gasteiger partial charge on any atom is 0.178 e. The van der Waals surface area contributed by atoms with Gasteiger partial charge in [-0.2, -0.15) is 0 Å². The van der Waals surface area contributed by atoms with Gasteiger partial charge in [0.05, 0.1) is 0 Å². The van der Waals surface area contributed by atoms with E-state index in [4.69, 9.17) is 0 Å². The molecule has 2 aliphatic rings. The molecule has 28 heavy (non-hydrogen) atoms. The lowest BCUT2D eigenvalue weighted by Gasteiger charge is -2.30. The van der Waals surface area contributed by atoms with Gasteiger partial charge in [-0.05, 0) is 67.0 Å². The number of halogens is 3. The average molecular weight is 410 g/mol. The molecule has 4 rings (SSSR count). The Labute approximate surface area is 170 Å². The quantitative estimate of drug-likeness (QED) is 0.741. The van der Waals surface area contributed by atoms with E-state index in [0.717, 1.165) is 62.0 Å². The van der Waals surface area contributed by atoms with E-state index in [1.165, 1.54) is 12.1 Å². The van der Waals surface area contributed by atoms with Crippen molar-refractivity contribution in [1.29, 1.82) is 0 Å². The van der Waals surface area contributed by atoms with E-state index in [1.807, 2.05) is 12.1 Å². The molecule has 2 unspecified atom stereocenters. The smallest absolute Gasteiger partial charge is 0.178 e. The molecule has 2 atom stereocenters. The summed E-state index contributed by atoms with van der Waals surface area (Å²) in [6.07, 6.45) is 1.92. The average Bonchev–Trinajstić information content (AvgIpc) is 3.10. The van der Waals surface area contributed by atoms with Gasteiger partial charge in [0.1, 0.15) is 11.6 Å². The third-order valence-electron chi connectivity index (χ3n) is 6.04. The number of nitrogens with zero attached hydrogens (tertiary/aromatic N) is 1. The molecule has 152 valence electrons. The lowest BCUT2D eigenvalue weighted by Crippen LogP contribution is -2.29. The first kappa shape index (κ1) is 21.2. The highest BCUT2D eigenvalue weighted by Crippen LogP contribution is 2.37. The van der Waals surface area contributed by atoms with Gasteiger partial charge in [-0.3, -0.25) is 0 Å². The number of hydrogen-bond donors (Lipinski definition) is 2. The third kappa shape index (κ3) is 4.23. The van der Waals surface area contributed by atoms with E-state index >= 15 is 0 Å². The van der Waals surface area contributed by atoms with Crippen molar-refractivity contribution in [1.82, 2.24) is 4.90 Å². The Bertz CT molecular complexity index is 830. The van der Waals surface area contributed by atoms with Gasteiger partial charge in [-0.1, -0.05) is 24.3 Å². The Kier molecular flexibility index (Phi) is 6.71. The van der Waals surface area contributed by atoms with E-state index < -0.39 is 6.29 Å². The summed E-state index contributed by atoms with van der Waals surface area (Å²) in [7, 11) is 0. The fraction of sp³-hybridized carbons (Fsp3) is 0.455. The number of aliphatic hydroxyl groups is 2. The zero-order valence-electron chi connectivity index (χ0n) is 15.7. The molecule has 1 fully saturated rings. The molecule has 0 radical (unpaired) electrons. The van der Waals surface area contributed by atoms with E-state index in [9.17, 15) is 19.0 Å². The molecule has 2 aromatic rings. The monoisotopic (exact) mass is 409 g/mol. The van der Waals surface area contributed by atoms with Gasteiger partial charge in [0.15, 0.2) is 6.29 Å². The van der Waals surface area contributed by atoms with Crippen molar-refractivity contribution in [2.24, 2.45) is 0 Å². The highest BCUT2D eigenvalue weighted by atomic mass is 35.5. The van der Waals surface area contributed by atoms with Crippen LogP contribution in [0.3, 0.4) is 0 Å². The van der Waals surface area contributed by atoms with Gasteiger partial charge in [0.25, 0.3) is 0 Å². The Balaban J connectivity index is 0.00000225. The minimum Gasteiger partial charge on any atom is -0.364 e. The molecule has 2 aromatic carbocycles. The molecule has 3 nitrogen and oxygen atoms in total. The minimum absolute atomic E-state index is 0. The molecule has 0 spiro atoms. The second-order valence-electron chi connectivity index (χ2n) is 7.81. The van der Waals surface area contributed by atoms with Crippen molar-refractivity contribution in [3.8, 4) is 0 Å². The molecule has 0 aromatic heterocycles. The van der Waals surface area contributed by atoms with Crippen molar-refractivity contribution >= 4 is 12.4 Å². The summed E-state index contributed by atoms with van der Waals surface area (Å²) in [5.74, 6) is -0.206. The molecule has 2 N–H and O–H groups in total. The van der Waals surface area contributed by atoms with Crippen molar-refractivity contribution < 1.29 is 19.0 Å². The largest absolute Gasteiger partial charge is 0.364 e. The third-order valence-corrected chi connectivity index (χ3v) is 6.04. The summed E-state index contributed by atoms with van der Waals surface area (Å²) in [6.45, 7) is 2.44. The van der Waals surface area contributed by atoms with Gasteiger partial charge >= 0.3 is 0 Å². The molecule has 1 heterocycles. The first-order chi connectivity index (χ1) is 13.0. The van der Waals surface area contributed by atoms with E-state index in [1.54, 1.807) is 12.1 Å². The van der Waals surface area contributed by atoms with E-state index in [2.05, 4.69) is 4.90 Å². The van der Waals surface area contributed by atoms with Gasteiger partial charge in [0.2, 0.25) is 0 Å². The Morgan fingerprint density at radius 2 is 1.86 bits per heavy atom. The molecule has 0 amide bonds. The molecular formula is C22H26ClF2NO2. The molecule has 0 saturated carbocycles. The highest BCUT2D eigenvalue weighted by Gasteiger charge is 2.31. The van der Waals surface area contributed by atoms with Crippen LogP contribution in [-0.2, 0) is 6.42 Å². The maximum atomic E-state index is 14.7. The van der Waals surface area contributed by atoms with Crippen molar-refractivity contribution in [3.05, 3.63) is 70.3 Å². The number of fused-ring (bicyclic) bond motifs is 1. The van der Waals surface area contributed by atoms with Crippen LogP contribution in [0.5, 0.6) is 0 Å². The molecule has 1 aliphatic carbocycles. The summed E-state index contributed by atoms with van der Waals surface area (Å²) in [5, 5.41) is 18.7. The van der Waals surface area contributed by atoms with Crippen LogP contribution in [-0.4, -0.2) is 34.7 Å². The van der Waals surface area contributed by atoms with Crippen LogP contribution >= 0.6 is 12.4 Å². The summed E-state index contributed by atoms with van der Waals surface area (Å²) in [5.41, 5.74) is 2.60. The molecule has 6 heteroatoms. The second-order valence-corrected chi connectivity index (χ2v) is 7.81. The van der Waals surface area contributed by atoms with Crippen LogP contribution < -0.4 is 0 Å². The first-order valence-corrected chi connectivity index (χ1v) is 9.68. The van der Waals surface area contributed by atoms with Gasteiger partial charge in [-0.15, -0.1) is 12.4 Å². The number of rotatable bonds is 4. The fourth-order valence-corrected chi connectivity index (χ4v) is 4.75. The lowest BCUT2D eigenvalue weighted by molar-refractivity contribution is -0.0427. The van der Waals surface area contributed by atoms with Crippen LogP contribution in [0.4, 0.5) is 8.78 Å². The van der Waals surface area contributed by atoms with E-state index in [-0.39, 0.29) is 41.4 Å². The molecule has 1 aliphatic heterocycles. The topological polar surface area (TPSA) is 43.7 Å². The molecule has 0 bridgehead atoms. The molecular weight excluding hydrogens is 384 g/mol. The Morgan fingerprint density at radius 3 is 2.61 bits per heavy atom. The van der Waals surface area contributed by atoms with Crippen LogP contribution in [0.25, 0.3) is 0 Å². The van der Waals surface area contributed by atoms with Gasteiger partial charge < -0.3 is 15.1 Å². The van der Waals surface area contributed by atoms with Crippen LogP contribution in [0.1, 0.15) is 59.6 Å². The summed E-state index contributed by atoms with van der Waals surface area (Å²) >= 11 is 0. The predicted octanol–water partition coefficient (Wildman–Crippen LogP) is 4.28. The van der Waals surface area contributed by atoms with Crippen molar-refractivity contribution in [2.75, 3.05) is 19.6 Å². The summed E-state index contributed by atoms with van der Waals surface area (Å²) in [6, 6.07) is 9.93. The fourth-order valence-electron chi connectivity index (χ4n) is 4.75. The summed E-state index contributed by atoms with van der Waals surface area (Å²) < 4.78 is 28.8. The summed E-state index contributed by atoms with van der Waals surface area (Å²) in [4.78, 5) is 2.31. The maximum absolute atomic E-state index is 14.7. The van der Waals surface area contributed by atoms with E-state index in [0.29, 0.717) is 0 Å². The highest BCUT2D eigenvalue weighted by molar-refractivity contribution is 5.85. The minimum atomic E-state index is -1.65. The zero-order chi connectivity index (χ0) is 19.0. The number of hydrogen-bond acceptors (Lipinski definition) is 3. The SMILES string of the molecule is Cl.OC(O)c1cc(F)c2c(c1)CCCC2CN1CCC(c2ccccc2F)C1. The van der Waals surface area contributed by atoms with Crippen molar-refractivity contribution in [2.45, 2.75) is 43.8 Å². The van der Waals surface area contributed by atoms with Crippen LogP contribution in [0.15, 0.2) is 36.4 Å². The first-order valence-electron chi connectivity index (χ1n) is 9.68. The number of likely N-dealkylation sites (tertiary alicyclic amines) is 1. The van der Waals surface area contributed by atoms with Gasteiger partial charge in [-0.25, -0.2) is 8.78 Å². The number of aliphatic hydroxyl groups excluding tert-OH is 1. The number of aryl methyl sites for hydroxylation is 1. The standard InChI is InChI=1S/C22H25F2NO2.ClH/c23-19-7-2-1-6-18(19)15-8-9-25(12-15)13-16-5-3-4-14-10-17(22(26)27)11-20(24)21(14)16;/h1-2,6-7,10-11,15-16,22,26-27H,3-5,8-9,12-13H2;1H. The number of benzene rings is 2. The normalized spacial score (nSPS) is 22.2. The molecule has 1 saturated heterocycles. The second kappa shape index (κ2) is 8.87. The van der Waals surface area contributed by atoms with Crippen molar-refractivity contribution in [3.63, 3.8) is 0 Å². The van der Waals surface area contributed by atoms with Crippen LogP contribution in [0.2, 0.25) is 0 Å². The zero-order valence-corrected chi connectivity index (χ0v) is 16.5.